The van der Waals surface area contributed by atoms with Gasteiger partial charge in [0.05, 0.1) is 25.1 Å². The zero-order valence-corrected chi connectivity index (χ0v) is 36.4. The number of benzene rings is 1. The van der Waals surface area contributed by atoms with Gasteiger partial charge in [0.15, 0.2) is 0 Å². The molecule has 1 aromatic rings. The van der Waals surface area contributed by atoms with Gasteiger partial charge in [-0.2, -0.15) is 0 Å². The van der Waals surface area contributed by atoms with Crippen molar-refractivity contribution in [1.29, 1.82) is 0 Å². The van der Waals surface area contributed by atoms with Crippen LogP contribution in [-0.4, -0.2) is 124 Å². The van der Waals surface area contributed by atoms with Gasteiger partial charge in [-0.15, -0.1) is 0 Å². The predicted molar refractivity (Wildman–Crippen MR) is 223 cm³/mol. The fourth-order valence-corrected chi connectivity index (χ4v) is 6.04. The Labute approximate surface area is 356 Å². The van der Waals surface area contributed by atoms with Crippen LogP contribution in [0, 0.1) is 23.7 Å². The van der Waals surface area contributed by atoms with Gasteiger partial charge < -0.3 is 58.3 Å². The third-order valence-electron chi connectivity index (χ3n) is 9.31. The molecule has 1 aromatic carbocycles. The Bertz CT molecular complexity index is 1670. The standard InChI is InChI=1S/C41H66N8O12/c1-20(2)15-26(42)35(54)45-27(17-25-13-11-10-12-14-25)36(55)47-33(23(7)8)40(59)48-32(22(5)6)39(58)46-28(18-31(52)53)37(56)49-34(24(9)50)38(57)43-19-30(51)44-29(41(60)61)16-21(3)4/h10-14,20-24,26-29,32-34,50H,15-19,42H2,1-9H3,(H,43,57)(H,44,51)(H,45,54)(H,46,58)(H,47,55)(H,48,59)(H,49,56)(H,52,53)(H,60,61)/t24-,26+,27+,28+,29+,32+,33+,34+/m1/s1. The highest BCUT2D eigenvalue weighted by molar-refractivity contribution is 5.98. The molecule has 0 fully saturated rings. The van der Waals surface area contributed by atoms with Crippen LogP contribution in [0.4, 0.5) is 0 Å². The van der Waals surface area contributed by atoms with Crippen molar-refractivity contribution in [3.8, 4) is 0 Å². The first kappa shape index (κ1) is 53.4. The van der Waals surface area contributed by atoms with Gasteiger partial charge in [0.25, 0.3) is 0 Å². The Morgan fingerprint density at radius 3 is 1.51 bits per heavy atom. The number of amides is 7. The Balaban J connectivity index is 3.20. The van der Waals surface area contributed by atoms with Crippen LogP contribution < -0.4 is 43.0 Å². The average molecular weight is 863 g/mol. The quantitative estimate of drug-likeness (QED) is 0.0529. The second kappa shape index (κ2) is 25.9. The van der Waals surface area contributed by atoms with E-state index in [9.17, 15) is 58.5 Å². The SMILES string of the molecule is CC(C)C[C@H](NC(=O)CNC(=O)[C@@H](NC(=O)[C@H](CC(=O)O)NC(=O)[C@@H](NC(=O)[C@@H](NC(=O)[C@H](Cc1ccccc1)NC(=O)[C@@H](N)CC(C)C)C(C)C)C(C)C)[C@@H](C)O)C(=O)O. The van der Waals surface area contributed by atoms with E-state index in [2.05, 4.69) is 37.2 Å². The third-order valence-corrected chi connectivity index (χ3v) is 9.31. The molecule has 0 saturated heterocycles. The van der Waals surface area contributed by atoms with Crippen molar-refractivity contribution in [3.63, 3.8) is 0 Å². The van der Waals surface area contributed by atoms with Crippen LogP contribution in [0.5, 0.6) is 0 Å². The molecule has 0 aliphatic rings. The van der Waals surface area contributed by atoms with Gasteiger partial charge in [-0.05, 0) is 49.0 Å². The van der Waals surface area contributed by atoms with E-state index in [4.69, 9.17) is 5.73 Å². The number of carbonyl (C=O) groups excluding carboxylic acids is 7. The van der Waals surface area contributed by atoms with Crippen LogP contribution in [0.15, 0.2) is 30.3 Å². The molecule has 12 N–H and O–H groups in total. The van der Waals surface area contributed by atoms with Crippen molar-refractivity contribution < 1.29 is 58.5 Å². The van der Waals surface area contributed by atoms with E-state index in [1.807, 2.05) is 13.8 Å². The number of aliphatic hydroxyl groups excluding tert-OH is 1. The van der Waals surface area contributed by atoms with Gasteiger partial charge in [0.2, 0.25) is 41.4 Å². The van der Waals surface area contributed by atoms with Crippen molar-refractivity contribution in [2.75, 3.05) is 6.54 Å². The molecule has 0 bridgehead atoms. The third kappa shape index (κ3) is 19.5. The molecule has 0 unspecified atom stereocenters. The monoisotopic (exact) mass is 862 g/mol. The molecule has 8 atom stereocenters. The predicted octanol–water partition coefficient (Wildman–Crippen LogP) is -1.07. The number of rotatable bonds is 26. The molecule has 1 rings (SSSR count). The minimum Gasteiger partial charge on any atom is -0.481 e. The normalized spacial score (nSPS) is 15.3. The zero-order chi connectivity index (χ0) is 46.7. The minimum atomic E-state index is -1.84. The van der Waals surface area contributed by atoms with E-state index in [1.165, 1.54) is 0 Å². The van der Waals surface area contributed by atoms with Gasteiger partial charge in [-0.1, -0.05) is 85.7 Å². The molecule has 0 radical (unpaired) electrons. The lowest BCUT2D eigenvalue weighted by Gasteiger charge is -2.30. The average Bonchev–Trinajstić information content (AvgIpc) is 3.15. The van der Waals surface area contributed by atoms with E-state index < -0.39 is 126 Å². The van der Waals surface area contributed by atoms with Crippen LogP contribution in [-0.2, 0) is 49.6 Å². The van der Waals surface area contributed by atoms with Crippen molar-refractivity contribution in [2.24, 2.45) is 29.4 Å². The molecule has 0 aliphatic carbocycles. The minimum absolute atomic E-state index is 0.0713. The van der Waals surface area contributed by atoms with Crippen LogP contribution in [0.3, 0.4) is 0 Å². The number of aliphatic carboxylic acids is 2. The number of hydrogen-bond acceptors (Lipinski definition) is 11. The molecule has 0 heterocycles. The summed E-state index contributed by atoms with van der Waals surface area (Å²) >= 11 is 0. The van der Waals surface area contributed by atoms with E-state index in [0.717, 1.165) is 12.5 Å². The lowest BCUT2D eigenvalue weighted by molar-refractivity contribution is -0.142. The molecule has 0 aromatic heterocycles. The van der Waals surface area contributed by atoms with Gasteiger partial charge in [0, 0.05) is 6.42 Å². The zero-order valence-electron chi connectivity index (χ0n) is 36.4. The molecule has 0 saturated carbocycles. The van der Waals surface area contributed by atoms with Crippen molar-refractivity contribution in [1.82, 2.24) is 37.2 Å². The van der Waals surface area contributed by atoms with Crippen LogP contribution in [0.25, 0.3) is 0 Å². The lowest BCUT2D eigenvalue weighted by atomic mass is 9.98. The molecule has 0 aliphatic heterocycles. The maximum Gasteiger partial charge on any atom is 0.326 e. The Morgan fingerprint density at radius 2 is 1.03 bits per heavy atom. The van der Waals surface area contributed by atoms with Crippen molar-refractivity contribution in [2.45, 2.75) is 136 Å². The maximum absolute atomic E-state index is 13.8. The molecule has 61 heavy (non-hydrogen) atoms. The van der Waals surface area contributed by atoms with Crippen LogP contribution in [0.2, 0.25) is 0 Å². The molecule has 7 amide bonds. The first-order valence-corrected chi connectivity index (χ1v) is 20.3. The number of carbonyl (C=O) groups is 9. The second-order valence-electron chi connectivity index (χ2n) is 16.6. The van der Waals surface area contributed by atoms with E-state index in [0.29, 0.717) is 6.42 Å². The summed E-state index contributed by atoms with van der Waals surface area (Å²) in [6.07, 6.45) is -2.03. The lowest BCUT2D eigenvalue weighted by Crippen LogP contribution is -2.62. The largest absolute Gasteiger partial charge is 0.481 e. The molecule has 20 heteroatoms. The number of hydrogen-bond donors (Lipinski definition) is 11. The Morgan fingerprint density at radius 1 is 0.557 bits per heavy atom. The fraction of sp³-hybridized carbons (Fsp3) is 0.634. The Kier molecular flexibility index (Phi) is 22.6. The smallest absolute Gasteiger partial charge is 0.326 e. The molecule has 0 spiro atoms. The van der Waals surface area contributed by atoms with Crippen molar-refractivity contribution in [3.05, 3.63) is 35.9 Å². The van der Waals surface area contributed by atoms with Gasteiger partial charge >= 0.3 is 11.9 Å². The first-order chi connectivity index (χ1) is 28.3. The van der Waals surface area contributed by atoms with Gasteiger partial charge in [-0.3, -0.25) is 38.4 Å². The summed E-state index contributed by atoms with van der Waals surface area (Å²) in [5.41, 5.74) is 6.81. The molecular formula is C41H66N8O12. The number of aliphatic hydroxyl groups is 1. The number of nitrogens with one attached hydrogen (secondary N) is 7. The highest BCUT2D eigenvalue weighted by atomic mass is 16.4. The summed E-state index contributed by atoms with van der Waals surface area (Å²) in [5.74, 6) is -10.2. The molecule has 20 nitrogen and oxygen atoms in total. The van der Waals surface area contributed by atoms with E-state index in [1.54, 1.807) is 71.9 Å². The summed E-state index contributed by atoms with van der Waals surface area (Å²) in [4.78, 5) is 116. The fourth-order valence-electron chi connectivity index (χ4n) is 6.04. The summed E-state index contributed by atoms with van der Waals surface area (Å²) < 4.78 is 0. The first-order valence-electron chi connectivity index (χ1n) is 20.3. The molecule has 342 valence electrons. The summed E-state index contributed by atoms with van der Waals surface area (Å²) in [5, 5.41) is 46.2. The van der Waals surface area contributed by atoms with E-state index in [-0.39, 0.29) is 24.7 Å². The van der Waals surface area contributed by atoms with Gasteiger partial charge in [0.1, 0.15) is 36.3 Å². The van der Waals surface area contributed by atoms with Crippen LogP contribution >= 0.6 is 0 Å². The second-order valence-corrected chi connectivity index (χ2v) is 16.6. The summed E-state index contributed by atoms with van der Waals surface area (Å²) in [6, 6.07) is -0.608. The van der Waals surface area contributed by atoms with Gasteiger partial charge in [-0.25, -0.2) is 4.79 Å². The van der Waals surface area contributed by atoms with E-state index >= 15 is 0 Å². The number of nitrogens with two attached hydrogens (primary N) is 1. The van der Waals surface area contributed by atoms with Crippen LogP contribution in [0.1, 0.15) is 87.1 Å². The maximum atomic E-state index is 13.8. The highest BCUT2D eigenvalue weighted by Gasteiger charge is 2.36. The summed E-state index contributed by atoms with van der Waals surface area (Å²) in [7, 11) is 0. The number of carboxylic acid groups (broad SMARTS) is 2. The highest BCUT2D eigenvalue weighted by Crippen LogP contribution is 2.11. The Hall–Kier alpha value is -5.63. The molecular weight excluding hydrogens is 796 g/mol. The number of carboxylic acids is 2. The summed E-state index contributed by atoms with van der Waals surface area (Å²) in [6.45, 7) is 14.1. The van der Waals surface area contributed by atoms with Crippen molar-refractivity contribution >= 4 is 53.3 Å². The topological polar surface area (TPSA) is 325 Å².